The summed E-state index contributed by atoms with van der Waals surface area (Å²) in [5.74, 6) is 0.205. The lowest BCUT2D eigenvalue weighted by atomic mass is 9.99. The summed E-state index contributed by atoms with van der Waals surface area (Å²) < 4.78 is 5.24. The first-order chi connectivity index (χ1) is 10.0. The van der Waals surface area contributed by atoms with E-state index in [1.54, 1.807) is 18.2 Å². The van der Waals surface area contributed by atoms with Gasteiger partial charge in [-0.1, -0.05) is 20.3 Å². The van der Waals surface area contributed by atoms with E-state index in [0.29, 0.717) is 17.0 Å². The van der Waals surface area contributed by atoms with E-state index in [-0.39, 0.29) is 37.0 Å². The standard InChI is InChI=1S/C15H20N2O4/c1-3-9(2)12(7-18)17-15(20)10-4-5-13-11(6-10)16-14(19)8-21-13/h4-6,9,12,18H,3,7-8H2,1-2H3,(H,16,19)(H,17,20)/t9-,12-/m0/s1. The van der Waals surface area contributed by atoms with Gasteiger partial charge in [0, 0.05) is 5.56 Å². The zero-order valence-corrected chi connectivity index (χ0v) is 12.2. The van der Waals surface area contributed by atoms with E-state index in [2.05, 4.69) is 10.6 Å². The predicted octanol–water partition coefficient (Wildman–Crippen LogP) is 1.15. The molecule has 0 saturated heterocycles. The highest BCUT2D eigenvalue weighted by atomic mass is 16.5. The number of carbonyl (C=O) groups excluding carboxylic acids is 2. The van der Waals surface area contributed by atoms with Crippen LogP contribution in [0.5, 0.6) is 5.75 Å². The molecule has 0 radical (unpaired) electrons. The molecule has 2 rings (SSSR count). The fourth-order valence-electron chi connectivity index (χ4n) is 2.13. The first kappa shape index (κ1) is 15.3. The molecule has 0 unspecified atom stereocenters. The number of aliphatic hydroxyl groups is 1. The number of amides is 2. The second kappa shape index (κ2) is 6.58. The molecule has 0 bridgehead atoms. The van der Waals surface area contributed by atoms with Crippen molar-refractivity contribution in [1.82, 2.24) is 5.32 Å². The minimum absolute atomic E-state index is 0.0147. The fourth-order valence-corrected chi connectivity index (χ4v) is 2.13. The van der Waals surface area contributed by atoms with Crippen LogP contribution in [-0.2, 0) is 4.79 Å². The van der Waals surface area contributed by atoms with Crippen LogP contribution in [0.3, 0.4) is 0 Å². The second-order valence-electron chi connectivity index (χ2n) is 5.20. The van der Waals surface area contributed by atoms with Gasteiger partial charge in [-0.2, -0.15) is 0 Å². The maximum Gasteiger partial charge on any atom is 0.262 e. The lowest BCUT2D eigenvalue weighted by Crippen LogP contribution is -2.41. The summed E-state index contributed by atoms with van der Waals surface area (Å²) in [6, 6.07) is 4.58. The van der Waals surface area contributed by atoms with Crippen LogP contribution in [0.4, 0.5) is 5.69 Å². The number of hydrogen-bond donors (Lipinski definition) is 3. The quantitative estimate of drug-likeness (QED) is 0.760. The van der Waals surface area contributed by atoms with Gasteiger partial charge in [-0.3, -0.25) is 9.59 Å². The number of fused-ring (bicyclic) bond motifs is 1. The number of rotatable bonds is 5. The van der Waals surface area contributed by atoms with Crippen LogP contribution in [-0.4, -0.2) is 36.2 Å². The highest BCUT2D eigenvalue weighted by molar-refractivity contribution is 5.99. The molecular formula is C15H20N2O4. The summed E-state index contributed by atoms with van der Waals surface area (Å²) in [4.78, 5) is 23.5. The fraction of sp³-hybridized carbons (Fsp3) is 0.467. The van der Waals surface area contributed by atoms with Gasteiger partial charge in [0.05, 0.1) is 18.3 Å². The Balaban J connectivity index is 2.12. The molecule has 0 fully saturated rings. The van der Waals surface area contributed by atoms with Gasteiger partial charge in [0.25, 0.3) is 11.8 Å². The van der Waals surface area contributed by atoms with Crippen LogP contribution < -0.4 is 15.4 Å². The average molecular weight is 292 g/mol. The van der Waals surface area contributed by atoms with Crippen molar-refractivity contribution < 1.29 is 19.4 Å². The molecule has 1 aliphatic rings. The van der Waals surface area contributed by atoms with Crippen molar-refractivity contribution >= 4 is 17.5 Å². The zero-order chi connectivity index (χ0) is 15.4. The first-order valence-corrected chi connectivity index (χ1v) is 7.03. The van der Waals surface area contributed by atoms with Gasteiger partial charge in [0.15, 0.2) is 6.61 Å². The lowest BCUT2D eigenvalue weighted by molar-refractivity contribution is -0.118. The maximum atomic E-state index is 12.2. The van der Waals surface area contributed by atoms with Gasteiger partial charge in [0.2, 0.25) is 0 Å². The Bertz CT molecular complexity index is 544. The number of nitrogens with one attached hydrogen (secondary N) is 2. The molecule has 2 amide bonds. The molecule has 1 aliphatic heterocycles. The number of benzene rings is 1. The van der Waals surface area contributed by atoms with Crippen molar-refractivity contribution in [2.45, 2.75) is 26.3 Å². The molecule has 0 saturated carbocycles. The van der Waals surface area contributed by atoms with E-state index in [9.17, 15) is 14.7 Å². The van der Waals surface area contributed by atoms with Crippen LogP contribution in [0.2, 0.25) is 0 Å². The van der Waals surface area contributed by atoms with Crippen LogP contribution in [0.15, 0.2) is 18.2 Å². The van der Waals surface area contributed by atoms with Crippen molar-refractivity contribution in [2.24, 2.45) is 5.92 Å². The van der Waals surface area contributed by atoms with E-state index in [1.165, 1.54) is 0 Å². The third-order valence-corrected chi connectivity index (χ3v) is 3.72. The van der Waals surface area contributed by atoms with Crippen molar-refractivity contribution in [3.63, 3.8) is 0 Å². The van der Waals surface area contributed by atoms with Crippen LogP contribution in [0.25, 0.3) is 0 Å². The minimum atomic E-state index is -0.288. The van der Waals surface area contributed by atoms with Gasteiger partial charge in [-0.05, 0) is 24.1 Å². The molecule has 1 aromatic carbocycles. The van der Waals surface area contributed by atoms with E-state index in [1.807, 2.05) is 13.8 Å². The lowest BCUT2D eigenvalue weighted by Gasteiger charge is -2.23. The Morgan fingerprint density at radius 1 is 1.52 bits per heavy atom. The van der Waals surface area contributed by atoms with Gasteiger partial charge < -0.3 is 20.5 Å². The Morgan fingerprint density at radius 3 is 2.95 bits per heavy atom. The molecule has 114 valence electrons. The third-order valence-electron chi connectivity index (χ3n) is 3.72. The highest BCUT2D eigenvalue weighted by Crippen LogP contribution is 2.28. The van der Waals surface area contributed by atoms with E-state index < -0.39 is 0 Å². The highest BCUT2D eigenvalue weighted by Gasteiger charge is 2.21. The molecule has 6 nitrogen and oxygen atoms in total. The number of anilines is 1. The van der Waals surface area contributed by atoms with E-state index >= 15 is 0 Å². The number of aliphatic hydroxyl groups excluding tert-OH is 1. The summed E-state index contributed by atoms with van der Waals surface area (Å²) in [5, 5.41) is 14.8. The Morgan fingerprint density at radius 2 is 2.29 bits per heavy atom. The number of carbonyl (C=O) groups is 2. The molecule has 0 spiro atoms. The largest absolute Gasteiger partial charge is 0.482 e. The summed E-state index contributed by atoms with van der Waals surface area (Å²) in [7, 11) is 0. The first-order valence-electron chi connectivity index (χ1n) is 7.03. The smallest absolute Gasteiger partial charge is 0.262 e. The molecule has 0 aromatic heterocycles. The summed E-state index contributed by atoms with van der Waals surface area (Å²) in [6.45, 7) is 3.86. The van der Waals surface area contributed by atoms with Crippen LogP contribution in [0.1, 0.15) is 30.6 Å². The van der Waals surface area contributed by atoms with Gasteiger partial charge in [-0.15, -0.1) is 0 Å². The Kier molecular flexibility index (Phi) is 4.80. The molecule has 2 atom stereocenters. The van der Waals surface area contributed by atoms with Gasteiger partial charge in [-0.25, -0.2) is 0 Å². The molecule has 0 aliphatic carbocycles. The second-order valence-corrected chi connectivity index (χ2v) is 5.20. The summed E-state index contributed by atoms with van der Waals surface area (Å²) >= 11 is 0. The van der Waals surface area contributed by atoms with Crippen molar-refractivity contribution in [2.75, 3.05) is 18.5 Å². The molecule has 21 heavy (non-hydrogen) atoms. The third kappa shape index (κ3) is 3.52. The minimum Gasteiger partial charge on any atom is -0.482 e. The SMILES string of the molecule is CC[C@H](C)[C@H](CO)NC(=O)c1ccc2c(c1)NC(=O)CO2. The van der Waals surface area contributed by atoms with E-state index in [0.717, 1.165) is 6.42 Å². The van der Waals surface area contributed by atoms with Crippen molar-refractivity contribution in [1.29, 1.82) is 0 Å². The summed E-state index contributed by atoms with van der Waals surface area (Å²) in [6.07, 6.45) is 0.861. The van der Waals surface area contributed by atoms with E-state index in [4.69, 9.17) is 4.74 Å². The van der Waals surface area contributed by atoms with Gasteiger partial charge >= 0.3 is 0 Å². The number of hydrogen-bond acceptors (Lipinski definition) is 4. The molecule has 1 aromatic rings. The monoisotopic (exact) mass is 292 g/mol. The molecule has 6 heteroatoms. The molecular weight excluding hydrogens is 272 g/mol. The van der Waals surface area contributed by atoms with Crippen LogP contribution >= 0.6 is 0 Å². The van der Waals surface area contributed by atoms with Crippen molar-refractivity contribution in [3.8, 4) is 5.75 Å². The maximum absolute atomic E-state index is 12.2. The molecule has 1 heterocycles. The van der Waals surface area contributed by atoms with Crippen LogP contribution in [0, 0.1) is 5.92 Å². The topological polar surface area (TPSA) is 87.7 Å². The zero-order valence-electron chi connectivity index (χ0n) is 12.2. The average Bonchev–Trinajstić information content (AvgIpc) is 2.50. The predicted molar refractivity (Wildman–Crippen MR) is 78.4 cm³/mol. The van der Waals surface area contributed by atoms with Gasteiger partial charge in [0.1, 0.15) is 5.75 Å². The Hall–Kier alpha value is -2.08. The summed E-state index contributed by atoms with van der Waals surface area (Å²) in [5.41, 5.74) is 0.907. The normalized spacial score (nSPS) is 16.2. The number of ether oxygens (including phenoxy) is 1. The molecule has 3 N–H and O–H groups in total. The van der Waals surface area contributed by atoms with Crippen molar-refractivity contribution in [3.05, 3.63) is 23.8 Å². The Labute approximate surface area is 123 Å².